The molecule has 8 nitrogen and oxygen atoms in total. The van der Waals surface area contributed by atoms with Gasteiger partial charge in [-0.2, -0.15) is 0 Å². The molecule has 0 spiro atoms. The van der Waals surface area contributed by atoms with Crippen LogP contribution in [0.4, 0.5) is 0 Å². The number of amides is 1. The topological polar surface area (TPSA) is 95.7 Å². The molecule has 0 radical (unpaired) electrons. The van der Waals surface area contributed by atoms with Crippen molar-refractivity contribution in [1.82, 2.24) is 15.5 Å². The molecule has 2 aromatic heterocycles. The van der Waals surface area contributed by atoms with E-state index in [1.54, 1.807) is 48.7 Å². The van der Waals surface area contributed by atoms with Gasteiger partial charge in [-0.05, 0) is 30.3 Å². The van der Waals surface area contributed by atoms with E-state index in [2.05, 4.69) is 15.5 Å². The van der Waals surface area contributed by atoms with Crippen LogP contribution in [0.25, 0.3) is 11.5 Å². The van der Waals surface area contributed by atoms with Gasteiger partial charge in [0.1, 0.15) is 23.8 Å². The fourth-order valence-electron chi connectivity index (χ4n) is 2.31. The number of methoxy groups -OCH3 is 2. The Kier molecular flexibility index (Phi) is 5.88. The van der Waals surface area contributed by atoms with Crippen molar-refractivity contribution in [3.63, 3.8) is 0 Å². The van der Waals surface area contributed by atoms with Crippen molar-refractivity contribution in [2.75, 3.05) is 27.4 Å². The molecule has 0 fully saturated rings. The zero-order valence-corrected chi connectivity index (χ0v) is 15.0. The van der Waals surface area contributed by atoms with Crippen LogP contribution >= 0.6 is 0 Å². The van der Waals surface area contributed by atoms with Gasteiger partial charge in [0.2, 0.25) is 5.88 Å². The summed E-state index contributed by atoms with van der Waals surface area (Å²) < 4.78 is 21.1. The third-order valence-corrected chi connectivity index (χ3v) is 3.66. The molecule has 0 aliphatic rings. The first-order valence-electron chi connectivity index (χ1n) is 8.21. The molecule has 0 saturated heterocycles. The predicted molar refractivity (Wildman–Crippen MR) is 97.1 cm³/mol. The molecule has 0 bridgehead atoms. The standard InChI is InChI=1S/C19H19N3O5/c1-24-14-10-13(11-15(12-14)25-2)19(23)20-7-9-27-18-6-5-16(21-22-18)17-4-3-8-26-17/h3-6,8,10-12H,7,9H2,1-2H3,(H,20,23). The summed E-state index contributed by atoms with van der Waals surface area (Å²) in [4.78, 5) is 12.3. The molecule has 1 amide bonds. The van der Waals surface area contributed by atoms with Crippen LogP contribution < -0.4 is 19.5 Å². The highest BCUT2D eigenvalue weighted by atomic mass is 16.5. The molecule has 140 valence electrons. The number of hydrogen-bond acceptors (Lipinski definition) is 7. The summed E-state index contributed by atoms with van der Waals surface area (Å²) in [5.41, 5.74) is 1.06. The minimum Gasteiger partial charge on any atom is -0.497 e. The van der Waals surface area contributed by atoms with Crippen molar-refractivity contribution in [1.29, 1.82) is 0 Å². The van der Waals surface area contributed by atoms with E-state index in [0.717, 1.165) is 0 Å². The van der Waals surface area contributed by atoms with Crippen LogP contribution in [0.15, 0.2) is 53.1 Å². The summed E-state index contributed by atoms with van der Waals surface area (Å²) in [6.07, 6.45) is 1.57. The van der Waals surface area contributed by atoms with Crippen LogP contribution in [0.1, 0.15) is 10.4 Å². The second-order valence-corrected chi connectivity index (χ2v) is 5.44. The van der Waals surface area contributed by atoms with E-state index in [1.165, 1.54) is 14.2 Å². The van der Waals surface area contributed by atoms with Gasteiger partial charge in [-0.1, -0.05) is 0 Å². The number of furan rings is 1. The first-order valence-corrected chi connectivity index (χ1v) is 8.21. The lowest BCUT2D eigenvalue weighted by molar-refractivity contribution is 0.0945. The normalized spacial score (nSPS) is 10.3. The monoisotopic (exact) mass is 369 g/mol. The number of nitrogens with one attached hydrogen (secondary N) is 1. The second-order valence-electron chi connectivity index (χ2n) is 5.44. The van der Waals surface area contributed by atoms with Crippen molar-refractivity contribution >= 4 is 5.91 Å². The molecule has 3 aromatic rings. The lowest BCUT2D eigenvalue weighted by Crippen LogP contribution is -2.28. The summed E-state index contributed by atoms with van der Waals surface area (Å²) in [6, 6.07) is 12.0. The third kappa shape index (κ3) is 4.75. The smallest absolute Gasteiger partial charge is 0.251 e. The Morgan fingerprint density at radius 2 is 1.85 bits per heavy atom. The molecule has 8 heteroatoms. The molecular weight excluding hydrogens is 350 g/mol. The maximum atomic E-state index is 12.3. The number of ether oxygens (including phenoxy) is 3. The van der Waals surface area contributed by atoms with E-state index >= 15 is 0 Å². The van der Waals surface area contributed by atoms with Gasteiger partial charge in [0.15, 0.2) is 5.76 Å². The summed E-state index contributed by atoms with van der Waals surface area (Å²) in [5, 5.41) is 10.8. The Bertz CT molecular complexity index is 857. The van der Waals surface area contributed by atoms with Gasteiger partial charge in [-0.3, -0.25) is 4.79 Å². The van der Waals surface area contributed by atoms with Crippen LogP contribution in [0.3, 0.4) is 0 Å². The highest BCUT2D eigenvalue weighted by Gasteiger charge is 2.10. The highest BCUT2D eigenvalue weighted by molar-refractivity contribution is 5.95. The van der Waals surface area contributed by atoms with Crippen molar-refractivity contribution in [3.05, 3.63) is 54.3 Å². The first kappa shape index (κ1) is 18.2. The van der Waals surface area contributed by atoms with E-state index in [-0.39, 0.29) is 12.5 Å². The maximum absolute atomic E-state index is 12.3. The number of benzene rings is 1. The first-order chi connectivity index (χ1) is 13.2. The highest BCUT2D eigenvalue weighted by Crippen LogP contribution is 2.22. The Morgan fingerprint density at radius 3 is 2.44 bits per heavy atom. The van der Waals surface area contributed by atoms with Gasteiger partial charge >= 0.3 is 0 Å². The van der Waals surface area contributed by atoms with E-state index in [1.807, 2.05) is 0 Å². The SMILES string of the molecule is COc1cc(OC)cc(C(=O)NCCOc2ccc(-c3ccco3)nn2)c1. The Balaban J connectivity index is 1.49. The molecule has 3 rings (SSSR count). The van der Waals surface area contributed by atoms with E-state index in [0.29, 0.717) is 40.9 Å². The number of hydrogen-bond donors (Lipinski definition) is 1. The molecule has 0 aliphatic carbocycles. The van der Waals surface area contributed by atoms with Gasteiger partial charge in [0.25, 0.3) is 5.91 Å². The summed E-state index contributed by atoms with van der Waals surface area (Å²) in [7, 11) is 3.06. The Morgan fingerprint density at radius 1 is 1.07 bits per heavy atom. The molecule has 27 heavy (non-hydrogen) atoms. The van der Waals surface area contributed by atoms with Crippen LogP contribution in [-0.2, 0) is 0 Å². The molecule has 2 heterocycles. The molecular formula is C19H19N3O5. The summed E-state index contributed by atoms with van der Waals surface area (Å²) >= 11 is 0. The predicted octanol–water partition coefficient (Wildman–Crippen LogP) is 2.56. The number of aromatic nitrogens is 2. The van der Waals surface area contributed by atoms with Gasteiger partial charge < -0.3 is 23.9 Å². The average Bonchev–Trinajstić information content (AvgIpc) is 3.26. The largest absolute Gasteiger partial charge is 0.497 e. The third-order valence-electron chi connectivity index (χ3n) is 3.66. The number of carbonyl (C=O) groups is 1. The fourth-order valence-corrected chi connectivity index (χ4v) is 2.31. The van der Waals surface area contributed by atoms with Gasteiger partial charge in [0, 0.05) is 17.7 Å². The fraction of sp³-hybridized carbons (Fsp3) is 0.211. The Hall–Kier alpha value is -3.55. The van der Waals surface area contributed by atoms with Crippen molar-refractivity contribution in [3.8, 4) is 28.8 Å². The minimum absolute atomic E-state index is 0.252. The van der Waals surface area contributed by atoms with Crippen LogP contribution in [-0.4, -0.2) is 43.5 Å². The lowest BCUT2D eigenvalue weighted by Gasteiger charge is -2.09. The zero-order chi connectivity index (χ0) is 19.1. The van der Waals surface area contributed by atoms with Gasteiger partial charge in [0.05, 0.1) is 27.0 Å². The number of carbonyl (C=O) groups excluding carboxylic acids is 1. The quantitative estimate of drug-likeness (QED) is 0.610. The molecule has 1 N–H and O–H groups in total. The zero-order valence-electron chi connectivity index (χ0n) is 15.0. The lowest BCUT2D eigenvalue weighted by atomic mass is 10.2. The number of nitrogens with zero attached hydrogens (tertiary/aromatic N) is 2. The average molecular weight is 369 g/mol. The van der Waals surface area contributed by atoms with Crippen molar-refractivity contribution < 1.29 is 23.4 Å². The molecule has 0 aliphatic heterocycles. The molecule has 0 atom stereocenters. The summed E-state index contributed by atoms with van der Waals surface area (Å²) in [6.45, 7) is 0.557. The summed E-state index contributed by atoms with van der Waals surface area (Å²) in [5.74, 6) is 1.83. The second kappa shape index (κ2) is 8.70. The number of rotatable bonds is 8. The van der Waals surface area contributed by atoms with Gasteiger partial charge in [-0.15, -0.1) is 10.2 Å². The van der Waals surface area contributed by atoms with Crippen LogP contribution in [0, 0.1) is 0 Å². The Labute approximate surface area is 156 Å². The van der Waals surface area contributed by atoms with Crippen LogP contribution in [0.5, 0.6) is 17.4 Å². The molecule has 1 aromatic carbocycles. The van der Waals surface area contributed by atoms with Crippen molar-refractivity contribution in [2.45, 2.75) is 0 Å². The van der Waals surface area contributed by atoms with E-state index < -0.39 is 0 Å². The molecule has 0 unspecified atom stereocenters. The minimum atomic E-state index is -0.255. The van der Waals surface area contributed by atoms with Gasteiger partial charge in [-0.25, -0.2) is 0 Å². The van der Waals surface area contributed by atoms with Crippen molar-refractivity contribution in [2.24, 2.45) is 0 Å². The maximum Gasteiger partial charge on any atom is 0.251 e. The van der Waals surface area contributed by atoms with E-state index in [9.17, 15) is 4.79 Å². The van der Waals surface area contributed by atoms with E-state index in [4.69, 9.17) is 18.6 Å². The van der Waals surface area contributed by atoms with Crippen LogP contribution in [0.2, 0.25) is 0 Å². The molecule has 0 saturated carbocycles.